The third kappa shape index (κ3) is 3.65. The van der Waals surface area contributed by atoms with E-state index >= 15 is 0 Å². The number of rotatable bonds is 6. The van der Waals surface area contributed by atoms with E-state index < -0.39 is 0 Å². The highest BCUT2D eigenvalue weighted by molar-refractivity contribution is 5.78. The van der Waals surface area contributed by atoms with E-state index in [9.17, 15) is 4.79 Å². The lowest BCUT2D eigenvalue weighted by Gasteiger charge is -2.21. The zero-order valence-corrected chi connectivity index (χ0v) is 12.4. The first-order valence-corrected chi connectivity index (χ1v) is 7.52. The lowest BCUT2D eigenvalue weighted by atomic mass is 10.0. The van der Waals surface area contributed by atoms with Gasteiger partial charge in [0.2, 0.25) is 0 Å². The first kappa shape index (κ1) is 14.7. The average Bonchev–Trinajstić information content (AvgIpc) is 2.50. The standard InChI is InChI=1S/C16H24N2O2/c1-3-13(4-2)18-15(19)11-20-14-9-5-7-12-8-6-10-17-16(12)14/h5,7,9,13,17H,3-4,6,8,10-11H2,1-2H3,(H,18,19). The minimum atomic E-state index is -0.0490. The van der Waals surface area contributed by atoms with Crippen LogP contribution < -0.4 is 15.4 Å². The number of fused-ring (bicyclic) bond motifs is 1. The van der Waals surface area contributed by atoms with Gasteiger partial charge in [-0.15, -0.1) is 0 Å². The van der Waals surface area contributed by atoms with Crippen molar-refractivity contribution in [1.82, 2.24) is 5.32 Å². The highest BCUT2D eigenvalue weighted by atomic mass is 16.5. The zero-order valence-electron chi connectivity index (χ0n) is 12.4. The summed E-state index contributed by atoms with van der Waals surface area (Å²) in [5.41, 5.74) is 2.32. The summed E-state index contributed by atoms with van der Waals surface area (Å²) in [7, 11) is 0. The van der Waals surface area contributed by atoms with Crippen LogP contribution >= 0.6 is 0 Å². The summed E-state index contributed by atoms with van der Waals surface area (Å²) in [5, 5.41) is 6.34. The maximum atomic E-state index is 11.9. The number of para-hydroxylation sites is 1. The van der Waals surface area contributed by atoms with Crippen LogP contribution in [0.4, 0.5) is 5.69 Å². The minimum absolute atomic E-state index is 0.0490. The molecule has 0 radical (unpaired) electrons. The number of aryl methyl sites for hydroxylation is 1. The molecule has 0 saturated heterocycles. The van der Waals surface area contributed by atoms with Gasteiger partial charge in [-0.05, 0) is 37.3 Å². The summed E-state index contributed by atoms with van der Waals surface area (Å²) in [6, 6.07) is 6.26. The van der Waals surface area contributed by atoms with Crippen LogP contribution in [0.5, 0.6) is 5.75 Å². The van der Waals surface area contributed by atoms with Crippen LogP contribution in [0.25, 0.3) is 0 Å². The summed E-state index contributed by atoms with van der Waals surface area (Å²) in [6.45, 7) is 5.20. The molecule has 0 aromatic heterocycles. The number of carbonyl (C=O) groups excluding carboxylic acids is 1. The van der Waals surface area contributed by atoms with E-state index in [1.807, 2.05) is 12.1 Å². The van der Waals surface area contributed by atoms with Gasteiger partial charge in [-0.2, -0.15) is 0 Å². The van der Waals surface area contributed by atoms with E-state index in [1.165, 1.54) is 5.56 Å². The molecular formula is C16H24N2O2. The molecule has 2 N–H and O–H groups in total. The van der Waals surface area contributed by atoms with E-state index in [0.717, 1.165) is 43.7 Å². The van der Waals surface area contributed by atoms with Crippen LogP contribution in [0.2, 0.25) is 0 Å². The van der Waals surface area contributed by atoms with Gasteiger partial charge >= 0.3 is 0 Å². The Hall–Kier alpha value is -1.71. The molecule has 2 rings (SSSR count). The van der Waals surface area contributed by atoms with Crippen LogP contribution in [0.3, 0.4) is 0 Å². The van der Waals surface area contributed by atoms with Crippen LogP contribution in [-0.2, 0) is 11.2 Å². The molecule has 0 fully saturated rings. The Morgan fingerprint density at radius 1 is 1.40 bits per heavy atom. The van der Waals surface area contributed by atoms with Crippen molar-refractivity contribution in [3.05, 3.63) is 23.8 Å². The second kappa shape index (κ2) is 7.17. The van der Waals surface area contributed by atoms with Crippen LogP contribution in [0.1, 0.15) is 38.7 Å². The summed E-state index contributed by atoms with van der Waals surface area (Å²) in [5.74, 6) is 0.731. The van der Waals surface area contributed by atoms with Gasteiger partial charge in [0.25, 0.3) is 5.91 Å². The van der Waals surface area contributed by atoms with E-state index in [0.29, 0.717) is 0 Å². The summed E-state index contributed by atoms with van der Waals surface area (Å²) in [6.07, 6.45) is 4.11. The van der Waals surface area contributed by atoms with Crippen molar-refractivity contribution in [2.24, 2.45) is 0 Å². The number of carbonyl (C=O) groups is 1. The normalized spacial score (nSPS) is 13.6. The number of nitrogens with one attached hydrogen (secondary N) is 2. The number of ether oxygens (including phenoxy) is 1. The monoisotopic (exact) mass is 276 g/mol. The SMILES string of the molecule is CCC(CC)NC(=O)COc1cccc2c1NCCC2. The average molecular weight is 276 g/mol. The maximum absolute atomic E-state index is 11.9. The van der Waals surface area contributed by atoms with Crippen LogP contribution in [0.15, 0.2) is 18.2 Å². The molecule has 1 aliphatic heterocycles. The van der Waals surface area contributed by atoms with Crippen molar-refractivity contribution in [3.8, 4) is 5.75 Å². The van der Waals surface area contributed by atoms with Gasteiger partial charge in [0.05, 0.1) is 5.69 Å². The summed E-state index contributed by atoms with van der Waals surface area (Å²) >= 11 is 0. The van der Waals surface area contributed by atoms with Crippen molar-refractivity contribution >= 4 is 11.6 Å². The number of hydrogen-bond acceptors (Lipinski definition) is 3. The molecule has 0 saturated carbocycles. The molecule has 0 spiro atoms. The molecule has 1 amide bonds. The van der Waals surface area contributed by atoms with Gasteiger partial charge < -0.3 is 15.4 Å². The van der Waals surface area contributed by atoms with Crippen molar-refractivity contribution in [1.29, 1.82) is 0 Å². The number of anilines is 1. The molecule has 1 aromatic rings. The summed E-state index contributed by atoms with van der Waals surface area (Å²) < 4.78 is 5.68. The Bertz CT molecular complexity index is 456. The molecule has 0 unspecified atom stereocenters. The lowest BCUT2D eigenvalue weighted by molar-refractivity contribution is -0.123. The lowest BCUT2D eigenvalue weighted by Crippen LogP contribution is -2.37. The Morgan fingerprint density at radius 2 is 2.20 bits per heavy atom. The van der Waals surface area contributed by atoms with E-state index in [-0.39, 0.29) is 18.6 Å². The topological polar surface area (TPSA) is 50.4 Å². The van der Waals surface area contributed by atoms with Crippen LogP contribution in [0, 0.1) is 0 Å². The summed E-state index contributed by atoms with van der Waals surface area (Å²) in [4.78, 5) is 11.9. The smallest absolute Gasteiger partial charge is 0.258 e. The van der Waals surface area contributed by atoms with E-state index in [2.05, 4.69) is 30.5 Å². The van der Waals surface area contributed by atoms with Gasteiger partial charge in [0.1, 0.15) is 5.75 Å². The first-order valence-electron chi connectivity index (χ1n) is 7.52. The highest BCUT2D eigenvalue weighted by Crippen LogP contribution is 2.31. The quantitative estimate of drug-likeness (QED) is 0.840. The second-order valence-corrected chi connectivity index (χ2v) is 5.19. The zero-order chi connectivity index (χ0) is 14.4. The van der Waals surface area contributed by atoms with Gasteiger partial charge in [-0.1, -0.05) is 26.0 Å². The molecule has 20 heavy (non-hydrogen) atoms. The Morgan fingerprint density at radius 3 is 2.95 bits per heavy atom. The van der Waals surface area contributed by atoms with Gasteiger partial charge in [0.15, 0.2) is 6.61 Å². The highest BCUT2D eigenvalue weighted by Gasteiger charge is 2.15. The minimum Gasteiger partial charge on any atom is -0.482 e. The molecule has 0 atom stereocenters. The van der Waals surface area contributed by atoms with Crippen molar-refractivity contribution in [3.63, 3.8) is 0 Å². The Labute approximate surface area is 120 Å². The Balaban J connectivity index is 1.92. The number of benzene rings is 1. The van der Waals surface area contributed by atoms with Gasteiger partial charge in [-0.25, -0.2) is 0 Å². The molecule has 4 nitrogen and oxygen atoms in total. The van der Waals surface area contributed by atoms with Gasteiger partial charge in [-0.3, -0.25) is 4.79 Å². The molecule has 0 aliphatic carbocycles. The fourth-order valence-electron chi connectivity index (χ4n) is 2.50. The molecule has 4 heteroatoms. The predicted molar refractivity (Wildman–Crippen MR) is 81.3 cm³/mol. The molecule has 1 heterocycles. The van der Waals surface area contributed by atoms with E-state index in [4.69, 9.17) is 4.74 Å². The molecule has 0 bridgehead atoms. The van der Waals surface area contributed by atoms with Crippen molar-refractivity contribution < 1.29 is 9.53 Å². The molecule has 110 valence electrons. The fraction of sp³-hybridized carbons (Fsp3) is 0.562. The third-order valence-electron chi connectivity index (χ3n) is 3.75. The first-order chi connectivity index (χ1) is 9.74. The van der Waals surface area contributed by atoms with E-state index in [1.54, 1.807) is 0 Å². The number of amides is 1. The maximum Gasteiger partial charge on any atom is 0.258 e. The second-order valence-electron chi connectivity index (χ2n) is 5.19. The number of hydrogen-bond donors (Lipinski definition) is 2. The Kier molecular flexibility index (Phi) is 5.27. The molecule has 1 aromatic carbocycles. The van der Waals surface area contributed by atoms with Crippen LogP contribution in [-0.4, -0.2) is 25.1 Å². The molecular weight excluding hydrogens is 252 g/mol. The predicted octanol–water partition coefficient (Wildman–Crippen LogP) is 2.73. The van der Waals surface area contributed by atoms with Crippen molar-refractivity contribution in [2.75, 3.05) is 18.5 Å². The largest absolute Gasteiger partial charge is 0.482 e. The third-order valence-corrected chi connectivity index (χ3v) is 3.75. The molecule has 1 aliphatic rings. The van der Waals surface area contributed by atoms with Gasteiger partial charge in [0, 0.05) is 12.6 Å². The fourth-order valence-corrected chi connectivity index (χ4v) is 2.50. The van der Waals surface area contributed by atoms with Crippen molar-refractivity contribution in [2.45, 2.75) is 45.6 Å².